The molecule has 1 aromatic carbocycles. The summed E-state index contributed by atoms with van der Waals surface area (Å²) in [5.74, 6) is -1.08. The van der Waals surface area contributed by atoms with Gasteiger partial charge in [-0.05, 0) is 18.6 Å². The SMILES string of the molecule is CP(C)c1ccccc1C(=O)[O-]. The van der Waals surface area contributed by atoms with E-state index >= 15 is 0 Å². The zero-order chi connectivity index (χ0) is 9.14. The van der Waals surface area contributed by atoms with Crippen molar-refractivity contribution in [2.75, 3.05) is 13.3 Å². The van der Waals surface area contributed by atoms with Crippen molar-refractivity contribution < 1.29 is 9.90 Å². The van der Waals surface area contributed by atoms with Crippen LogP contribution in [0, 0.1) is 0 Å². The summed E-state index contributed by atoms with van der Waals surface area (Å²) in [7, 11) is -0.370. The summed E-state index contributed by atoms with van der Waals surface area (Å²) in [6.07, 6.45) is 0. The van der Waals surface area contributed by atoms with Gasteiger partial charge in [-0.1, -0.05) is 32.2 Å². The molecule has 0 spiro atoms. The van der Waals surface area contributed by atoms with Crippen LogP contribution in [0.5, 0.6) is 0 Å². The molecule has 2 nitrogen and oxygen atoms in total. The van der Waals surface area contributed by atoms with Gasteiger partial charge in [-0.2, -0.15) is 0 Å². The van der Waals surface area contributed by atoms with Gasteiger partial charge >= 0.3 is 0 Å². The van der Waals surface area contributed by atoms with E-state index in [4.69, 9.17) is 0 Å². The van der Waals surface area contributed by atoms with E-state index in [9.17, 15) is 9.90 Å². The van der Waals surface area contributed by atoms with E-state index in [-0.39, 0.29) is 7.92 Å². The molecular formula is C9H10O2P-. The molecule has 0 atom stereocenters. The van der Waals surface area contributed by atoms with E-state index < -0.39 is 5.97 Å². The first-order chi connectivity index (χ1) is 5.63. The first-order valence-electron chi connectivity index (χ1n) is 3.60. The minimum atomic E-state index is -1.08. The van der Waals surface area contributed by atoms with E-state index in [1.807, 2.05) is 25.5 Å². The number of carboxylic acid groups (broad SMARTS) is 1. The molecule has 0 aliphatic rings. The predicted molar refractivity (Wildman–Crippen MR) is 49.2 cm³/mol. The highest BCUT2D eigenvalue weighted by Crippen LogP contribution is 2.24. The van der Waals surface area contributed by atoms with Crippen molar-refractivity contribution in [2.24, 2.45) is 0 Å². The topological polar surface area (TPSA) is 40.1 Å². The second-order valence-electron chi connectivity index (χ2n) is 2.70. The molecule has 0 fully saturated rings. The monoisotopic (exact) mass is 181 g/mol. The summed E-state index contributed by atoms with van der Waals surface area (Å²) in [6.45, 7) is 4.05. The van der Waals surface area contributed by atoms with Gasteiger partial charge in [0.1, 0.15) is 0 Å². The lowest BCUT2D eigenvalue weighted by atomic mass is 10.2. The van der Waals surface area contributed by atoms with E-state index in [1.54, 1.807) is 12.1 Å². The fourth-order valence-electron chi connectivity index (χ4n) is 1.04. The van der Waals surface area contributed by atoms with Crippen molar-refractivity contribution in [3.05, 3.63) is 29.8 Å². The summed E-state index contributed by atoms with van der Waals surface area (Å²) < 4.78 is 0. The smallest absolute Gasteiger partial charge is 0.0721 e. The second-order valence-corrected chi connectivity index (χ2v) is 4.97. The molecule has 1 aromatic rings. The van der Waals surface area contributed by atoms with E-state index in [1.165, 1.54) is 0 Å². The molecular weight excluding hydrogens is 171 g/mol. The number of hydrogen-bond acceptors (Lipinski definition) is 2. The number of carbonyl (C=O) groups excluding carboxylic acids is 1. The fraction of sp³-hybridized carbons (Fsp3) is 0.222. The van der Waals surface area contributed by atoms with Crippen LogP contribution in [0.4, 0.5) is 0 Å². The van der Waals surface area contributed by atoms with Gasteiger partial charge in [0, 0.05) is 5.56 Å². The zero-order valence-corrected chi connectivity index (χ0v) is 7.97. The number of aromatic carboxylic acids is 1. The van der Waals surface area contributed by atoms with Gasteiger partial charge in [0.2, 0.25) is 0 Å². The number of benzene rings is 1. The van der Waals surface area contributed by atoms with Crippen LogP contribution in [0.3, 0.4) is 0 Å². The van der Waals surface area contributed by atoms with Crippen LogP contribution >= 0.6 is 7.92 Å². The molecule has 0 aliphatic heterocycles. The van der Waals surface area contributed by atoms with E-state index in [0.717, 1.165) is 5.30 Å². The molecule has 0 aromatic heterocycles. The molecule has 0 N–H and O–H groups in total. The highest BCUT2D eigenvalue weighted by molar-refractivity contribution is 7.64. The molecule has 0 saturated carbocycles. The van der Waals surface area contributed by atoms with Gasteiger partial charge in [-0.3, -0.25) is 0 Å². The van der Waals surface area contributed by atoms with Crippen LogP contribution in [0.15, 0.2) is 24.3 Å². The Kier molecular flexibility index (Phi) is 2.83. The molecule has 0 radical (unpaired) electrons. The number of carbonyl (C=O) groups is 1. The first kappa shape index (κ1) is 9.21. The van der Waals surface area contributed by atoms with Crippen LogP contribution in [0.25, 0.3) is 0 Å². The van der Waals surface area contributed by atoms with Gasteiger partial charge in [-0.25, -0.2) is 0 Å². The van der Waals surface area contributed by atoms with Crippen molar-refractivity contribution >= 4 is 19.2 Å². The maximum Gasteiger partial charge on any atom is 0.0721 e. The quantitative estimate of drug-likeness (QED) is 0.620. The minimum absolute atomic E-state index is 0.327. The predicted octanol–water partition coefficient (Wildman–Crippen LogP) is 0.417. The molecule has 0 saturated heterocycles. The average molecular weight is 181 g/mol. The second kappa shape index (κ2) is 3.68. The first-order valence-corrected chi connectivity index (χ1v) is 5.84. The minimum Gasteiger partial charge on any atom is -0.545 e. The molecule has 0 unspecified atom stereocenters. The zero-order valence-electron chi connectivity index (χ0n) is 7.07. The molecule has 64 valence electrons. The third-order valence-electron chi connectivity index (χ3n) is 1.61. The fourth-order valence-corrected chi connectivity index (χ4v) is 2.07. The van der Waals surface area contributed by atoms with Crippen LogP contribution in [0.2, 0.25) is 0 Å². The van der Waals surface area contributed by atoms with Crippen molar-refractivity contribution in [3.8, 4) is 0 Å². The molecule has 0 bridgehead atoms. The van der Waals surface area contributed by atoms with Crippen molar-refractivity contribution in [3.63, 3.8) is 0 Å². The summed E-state index contributed by atoms with van der Waals surface area (Å²) in [5.41, 5.74) is 0.327. The third-order valence-corrected chi connectivity index (χ3v) is 2.96. The standard InChI is InChI=1S/C9H11O2P/c1-12(2)8-6-4-3-5-7(8)9(10)11/h3-6H,1-2H3,(H,10,11)/p-1. The molecule has 12 heavy (non-hydrogen) atoms. The number of rotatable bonds is 2. The van der Waals surface area contributed by atoms with Crippen LogP contribution < -0.4 is 10.4 Å². The van der Waals surface area contributed by atoms with E-state index in [2.05, 4.69) is 0 Å². The van der Waals surface area contributed by atoms with Gasteiger partial charge < -0.3 is 9.90 Å². The molecule has 0 amide bonds. The summed E-state index contributed by atoms with van der Waals surface area (Å²) in [4.78, 5) is 10.6. The number of hydrogen-bond donors (Lipinski definition) is 0. The molecule has 3 heteroatoms. The lowest BCUT2D eigenvalue weighted by Gasteiger charge is -2.12. The maximum atomic E-state index is 10.6. The van der Waals surface area contributed by atoms with Gasteiger partial charge in [0.15, 0.2) is 0 Å². The Labute approximate surface area is 73.0 Å². The Hall–Kier alpha value is -0.880. The molecule has 0 heterocycles. The highest BCUT2D eigenvalue weighted by atomic mass is 31.1. The number of carboxylic acids is 1. The lowest BCUT2D eigenvalue weighted by molar-refractivity contribution is -0.254. The molecule has 0 aliphatic carbocycles. The Morgan fingerprint density at radius 1 is 1.33 bits per heavy atom. The largest absolute Gasteiger partial charge is 0.545 e. The highest BCUT2D eigenvalue weighted by Gasteiger charge is 2.04. The van der Waals surface area contributed by atoms with Gasteiger partial charge in [-0.15, -0.1) is 0 Å². The van der Waals surface area contributed by atoms with Crippen molar-refractivity contribution in [2.45, 2.75) is 0 Å². The molecule has 1 rings (SSSR count). The van der Waals surface area contributed by atoms with Crippen LogP contribution in [-0.2, 0) is 0 Å². The average Bonchev–Trinajstić information content (AvgIpc) is 2.04. The van der Waals surface area contributed by atoms with Crippen molar-refractivity contribution in [1.82, 2.24) is 0 Å². The van der Waals surface area contributed by atoms with Crippen LogP contribution in [-0.4, -0.2) is 19.3 Å². The van der Waals surface area contributed by atoms with Gasteiger partial charge in [0.25, 0.3) is 0 Å². The summed E-state index contributed by atoms with van der Waals surface area (Å²) >= 11 is 0. The van der Waals surface area contributed by atoms with Gasteiger partial charge in [0.05, 0.1) is 5.97 Å². The normalized spacial score (nSPS) is 10.2. The van der Waals surface area contributed by atoms with Crippen molar-refractivity contribution in [1.29, 1.82) is 0 Å². The summed E-state index contributed by atoms with van der Waals surface area (Å²) in [6, 6.07) is 7.00. The Bertz CT molecular complexity index is 294. The Balaban J connectivity index is 3.17. The van der Waals surface area contributed by atoms with Crippen LogP contribution in [0.1, 0.15) is 10.4 Å². The Morgan fingerprint density at radius 2 is 1.92 bits per heavy atom. The Morgan fingerprint density at radius 3 is 2.33 bits per heavy atom. The third kappa shape index (κ3) is 1.83. The summed E-state index contributed by atoms with van der Waals surface area (Å²) in [5, 5.41) is 11.5. The van der Waals surface area contributed by atoms with E-state index in [0.29, 0.717) is 5.56 Å². The lowest BCUT2D eigenvalue weighted by Crippen LogP contribution is -2.27. The maximum absolute atomic E-state index is 10.6.